The van der Waals surface area contributed by atoms with E-state index in [1.54, 1.807) is 12.4 Å². The third-order valence-corrected chi connectivity index (χ3v) is 6.64. The molecule has 178 valence electrons. The number of carbonyl (C=O) groups is 1. The second-order valence-electron chi connectivity index (χ2n) is 9.00. The summed E-state index contributed by atoms with van der Waals surface area (Å²) in [4.78, 5) is 27.9. The highest BCUT2D eigenvalue weighted by molar-refractivity contribution is 5.76. The first-order valence-electron chi connectivity index (χ1n) is 12.2. The first-order chi connectivity index (χ1) is 16.1. The summed E-state index contributed by atoms with van der Waals surface area (Å²) >= 11 is 0. The standard InChI is InChI=1S/C25H35FN6O/c1-2-11-27-23-17-24(29-19-28-23)32-12-5-6-20(18-32)9-10-25(33)31-15-13-30(14-16-31)22-8-4-3-7-21(22)26/h3-4,7-8,17,19-20H,2,5-6,9-16,18H2,1H3,(H,27,28,29)/t20-/m1/s1. The highest BCUT2D eigenvalue weighted by Crippen LogP contribution is 2.26. The van der Waals surface area contributed by atoms with Gasteiger partial charge in [-0.2, -0.15) is 0 Å². The molecule has 1 amide bonds. The smallest absolute Gasteiger partial charge is 0.222 e. The fraction of sp³-hybridized carbons (Fsp3) is 0.560. The van der Waals surface area contributed by atoms with E-state index in [0.717, 1.165) is 57.0 Å². The van der Waals surface area contributed by atoms with Crippen LogP contribution in [0.4, 0.5) is 21.7 Å². The van der Waals surface area contributed by atoms with E-state index in [-0.39, 0.29) is 11.7 Å². The number of aromatic nitrogens is 2. The molecule has 0 spiro atoms. The van der Waals surface area contributed by atoms with Crippen LogP contribution in [0.25, 0.3) is 0 Å². The number of rotatable bonds is 8. The second-order valence-corrected chi connectivity index (χ2v) is 9.00. The van der Waals surface area contributed by atoms with E-state index < -0.39 is 0 Å². The molecular weight excluding hydrogens is 419 g/mol. The lowest BCUT2D eigenvalue weighted by atomic mass is 9.93. The quantitative estimate of drug-likeness (QED) is 0.655. The molecule has 4 rings (SSSR count). The zero-order valence-electron chi connectivity index (χ0n) is 19.5. The maximum atomic E-state index is 14.1. The Hall–Kier alpha value is -2.90. The molecule has 8 heteroatoms. The van der Waals surface area contributed by atoms with Crippen molar-refractivity contribution in [3.63, 3.8) is 0 Å². The zero-order valence-corrected chi connectivity index (χ0v) is 19.5. The van der Waals surface area contributed by atoms with Crippen molar-refractivity contribution in [2.75, 3.05) is 60.9 Å². The van der Waals surface area contributed by atoms with Gasteiger partial charge in [-0.1, -0.05) is 19.1 Å². The van der Waals surface area contributed by atoms with Gasteiger partial charge >= 0.3 is 0 Å². The fourth-order valence-electron chi connectivity index (χ4n) is 4.77. The van der Waals surface area contributed by atoms with Gasteiger partial charge in [-0.05, 0) is 43.7 Å². The molecule has 0 bridgehead atoms. The maximum Gasteiger partial charge on any atom is 0.222 e. The molecule has 1 aromatic carbocycles. The number of benzene rings is 1. The maximum absolute atomic E-state index is 14.1. The van der Waals surface area contributed by atoms with E-state index in [1.807, 2.05) is 28.0 Å². The van der Waals surface area contributed by atoms with Crippen LogP contribution in [0.3, 0.4) is 0 Å². The summed E-state index contributed by atoms with van der Waals surface area (Å²) in [7, 11) is 0. The van der Waals surface area contributed by atoms with Gasteiger partial charge in [0.25, 0.3) is 0 Å². The van der Waals surface area contributed by atoms with Crippen LogP contribution in [0.2, 0.25) is 0 Å². The highest BCUT2D eigenvalue weighted by atomic mass is 19.1. The Labute approximate surface area is 196 Å². The van der Waals surface area contributed by atoms with Gasteiger partial charge < -0.3 is 20.0 Å². The molecule has 0 aliphatic carbocycles. The number of para-hydroxylation sites is 1. The lowest BCUT2D eigenvalue weighted by Gasteiger charge is -2.37. The molecular formula is C25H35FN6O. The van der Waals surface area contributed by atoms with Gasteiger partial charge in [0, 0.05) is 58.3 Å². The van der Waals surface area contributed by atoms with Gasteiger partial charge in [0.05, 0.1) is 5.69 Å². The number of anilines is 3. The van der Waals surface area contributed by atoms with Gasteiger partial charge in [-0.3, -0.25) is 4.79 Å². The van der Waals surface area contributed by atoms with Crippen molar-refractivity contribution in [1.82, 2.24) is 14.9 Å². The molecule has 1 N–H and O–H groups in total. The number of nitrogens with one attached hydrogen (secondary N) is 1. The molecule has 2 fully saturated rings. The number of nitrogens with zero attached hydrogens (tertiary/aromatic N) is 5. The third-order valence-electron chi connectivity index (χ3n) is 6.64. The molecule has 1 atom stereocenters. The Morgan fingerprint density at radius 3 is 2.73 bits per heavy atom. The molecule has 33 heavy (non-hydrogen) atoms. The molecule has 7 nitrogen and oxygen atoms in total. The molecule has 0 unspecified atom stereocenters. The number of halogens is 1. The molecule has 2 aliphatic heterocycles. The van der Waals surface area contributed by atoms with E-state index in [9.17, 15) is 9.18 Å². The monoisotopic (exact) mass is 454 g/mol. The van der Waals surface area contributed by atoms with Crippen LogP contribution in [0.1, 0.15) is 39.0 Å². The van der Waals surface area contributed by atoms with Crippen LogP contribution in [0.15, 0.2) is 36.7 Å². The summed E-state index contributed by atoms with van der Waals surface area (Å²) in [5.74, 6) is 2.34. The average molecular weight is 455 g/mol. The van der Waals surface area contributed by atoms with E-state index >= 15 is 0 Å². The predicted octanol–water partition coefficient (Wildman–Crippen LogP) is 3.78. The number of piperazine rings is 1. The normalized spacial score (nSPS) is 19.0. The van der Waals surface area contributed by atoms with Crippen molar-refractivity contribution < 1.29 is 9.18 Å². The average Bonchev–Trinajstić information content (AvgIpc) is 2.87. The van der Waals surface area contributed by atoms with Crippen LogP contribution in [0, 0.1) is 11.7 Å². The van der Waals surface area contributed by atoms with Crippen molar-refractivity contribution in [2.45, 2.75) is 39.0 Å². The van der Waals surface area contributed by atoms with E-state index in [4.69, 9.17) is 0 Å². The topological polar surface area (TPSA) is 64.6 Å². The first kappa shape index (κ1) is 23.3. The van der Waals surface area contributed by atoms with Crippen LogP contribution >= 0.6 is 0 Å². The van der Waals surface area contributed by atoms with Gasteiger partial charge in [0.1, 0.15) is 23.8 Å². The number of hydrogen-bond donors (Lipinski definition) is 1. The molecule has 1 aromatic heterocycles. The lowest BCUT2D eigenvalue weighted by molar-refractivity contribution is -0.131. The number of piperidine rings is 1. The highest BCUT2D eigenvalue weighted by Gasteiger charge is 2.25. The fourth-order valence-corrected chi connectivity index (χ4v) is 4.77. The number of hydrogen-bond acceptors (Lipinski definition) is 6. The summed E-state index contributed by atoms with van der Waals surface area (Å²) in [6.07, 6.45) is 6.41. The minimum Gasteiger partial charge on any atom is -0.370 e. The first-order valence-corrected chi connectivity index (χ1v) is 12.2. The Morgan fingerprint density at radius 2 is 1.94 bits per heavy atom. The minimum atomic E-state index is -0.198. The Balaban J connectivity index is 1.24. The van der Waals surface area contributed by atoms with Crippen molar-refractivity contribution in [2.24, 2.45) is 5.92 Å². The van der Waals surface area contributed by atoms with Crippen LogP contribution in [-0.4, -0.2) is 66.6 Å². The van der Waals surface area contributed by atoms with Crippen molar-refractivity contribution in [3.8, 4) is 0 Å². The van der Waals surface area contributed by atoms with Crippen LogP contribution < -0.4 is 15.1 Å². The number of amides is 1. The lowest BCUT2D eigenvalue weighted by Crippen LogP contribution is -2.49. The SMILES string of the molecule is CCCNc1cc(N2CCC[C@H](CCC(=O)N3CCN(c4ccccc4F)CC3)C2)ncn1. The minimum absolute atomic E-state index is 0.198. The predicted molar refractivity (Wildman–Crippen MR) is 130 cm³/mol. The van der Waals surface area contributed by atoms with E-state index in [1.165, 1.54) is 6.07 Å². The summed E-state index contributed by atoms with van der Waals surface area (Å²) in [5, 5.41) is 3.33. The van der Waals surface area contributed by atoms with Gasteiger partial charge in [0.2, 0.25) is 5.91 Å². The van der Waals surface area contributed by atoms with Gasteiger partial charge in [-0.15, -0.1) is 0 Å². The van der Waals surface area contributed by atoms with Crippen molar-refractivity contribution >= 4 is 23.2 Å². The molecule has 0 saturated carbocycles. The third kappa shape index (κ3) is 6.12. The zero-order chi connectivity index (χ0) is 23.0. The Kier molecular flexibility index (Phi) is 7.96. The van der Waals surface area contributed by atoms with E-state index in [0.29, 0.717) is 44.2 Å². The molecule has 0 radical (unpaired) electrons. The van der Waals surface area contributed by atoms with Gasteiger partial charge in [0.15, 0.2) is 0 Å². The van der Waals surface area contributed by atoms with Gasteiger partial charge in [-0.25, -0.2) is 14.4 Å². The van der Waals surface area contributed by atoms with Crippen LogP contribution in [0.5, 0.6) is 0 Å². The van der Waals surface area contributed by atoms with Crippen molar-refractivity contribution in [1.29, 1.82) is 0 Å². The van der Waals surface area contributed by atoms with Crippen molar-refractivity contribution in [3.05, 3.63) is 42.5 Å². The molecule has 2 aromatic rings. The largest absolute Gasteiger partial charge is 0.370 e. The summed E-state index contributed by atoms with van der Waals surface area (Å²) in [5.41, 5.74) is 0.629. The summed E-state index contributed by atoms with van der Waals surface area (Å²) < 4.78 is 14.1. The van der Waals surface area contributed by atoms with E-state index in [2.05, 4.69) is 27.1 Å². The Morgan fingerprint density at radius 1 is 1.12 bits per heavy atom. The summed E-state index contributed by atoms with van der Waals surface area (Å²) in [6, 6.07) is 8.89. The molecule has 2 aliphatic rings. The van der Waals surface area contributed by atoms with Crippen LogP contribution in [-0.2, 0) is 4.79 Å². The molecule has 2 saturated heterocycles. The summed E-state index contributed by atoms with van der Waals surface area (Å²) in [6.45, 7) is 7.60. The number of carbonyl (C=O) groups excluding carboxylic acids is 1. The second kappa shape index (κ2) is 11.3. The Bertz CT molecular complexity index is 917. The molecule has 3 heterocycles.